The van der Waals surface area contributed by atoms with Gasteiger partial charge in [-0.05, 0) is 37.0 Å². The Morgan fingerprint density at radius 3 is 2.42 bits per heavy atom. The number of benzene rings is 1. The van der Waals surface area contributed by atoms with Crippen molar-refractivity contribution in [2.45, 2.75) is 39.0 Å². The molecule has 0 saturated carbocycles. The molecule has 1 aromatic carbocycles. The van der Waals surface area contributed by atoms with Crippen LogP contribution in [0.3, 0.4) is 0 Å². The smallest absolute Gasteiger partial charge is 0.303 e. The van der Waals surface area contributed by atoms with Crippen LogP contribution < -0.4 is 5.32 Å². The Bertz CT molecular complexity index is 412. The minimum absolute atomic E-state index is 0.0796. The van der Waals surface area contributed by atoms with Gasteiger partial charge in [0.25, 0.3) is 5.91 Å². The van der Waals surface area contributed by atoms with Crippen LogP contribution in [0.25, 0.3) is 0 Å². The van der Waals surface area contributed by atoms with Crippen molar-refractivity contribution in [1.82, 2.24) is 5.32 Å². The number of amides is 1. The number of aliphatic carboxylic acids is 1. The molecule has 0 unspecified atom stereocenters. The molecule has 104 valence electrons. The average molecular weight is 263 g/mol. The predicted octanol–water partition coefficient (Wildman–Crippen LogP) is 2.62. The lowest BCUT2D eigenvalue weighted by molar-refractivity contribution is -0.137. The molecule has 0 saturated heterocycles. The van der Waals surface area contributed by atoms with Gasteiger partial charge in [-0.15, -0.1) is 0 Å². The van der Waals surface area contributed by atoms with Gasteiger partial charge in [-0.1, -0.05) is 25.5 Å². The molecule has 0 aliphatic carbocycles. The van der Waals surface area contributed by atoms with E-state index in [1.807, 2.05) is 24.3 Å². The van der Waals surface area contributed by atoms with Crippen LogP contribution in [0.2, 0.25) is 0 Å². The molecule has 0 fully saturated rings. The number of hydrogen-bond donors (Lipinski definition) is 2. The van der Waals surface area contributed by atoms with E-state index in [0.29, 0.717) is 18.5 Å². The maximum atomic E-state index is 11.8. The molecule has 0 radical (unpaired) electrons. The first-order valence-electron chi connectivity index (χ1n) is 6.72. The summed E-state index contributed by atoms with van der Waals surface area (Å²) in [6.07, 6.45) is 3.88. The number of rotatable bonds is 8. The van der Waals surface area contributed by atoms with Crippen molar-refractivity contribution in [3.63, 3.8) is 0 Å². The summed E-state index contributed by atoms with van der Waals surface area (Å²) in [5.74, 6) is -0.984. The highest BCUT2D eigenvalue weighted by Crippen LogP contribution is 2.08. The van der Waals surface area contributed by atoms with Crippen molar-refractivity contribution in [2.75, 3.05) is 6.54 Å². The topological polar surface area (TPSA) is 66.4 Å². The van der Waals surface area contributed by atoms with Crippen LogP contribution in [-0.4, -0.2) is 23.5 Å². The third kappa shape index (κ3) is 6.04. The second kappa shape index (κ2) is 8.29. The minimum atomic E-state index is -0.838. The molecule has 4 heteroatoms. The molecule has 0 aliphatic heterocycles. The van der Waals surface area contributed by atoms with Crippen LogP contribution in [0.5, 0.6) is 0 Å². The Balaban J connectivity index is 2.37. The lowest BCUT2D eigenvalue weighted by atomic mass is 10.1. The van der Waals surface area contributed by atoms with Crippen LogP contribution in [0.1, 0.15) is 48.5 Å². The Morgan fingerprint density at radius 1 is 1.16 bits per heavy atom. The monoisotopic (exact) mass is 263 g/mol. The number of carboxylic acids is 1. The molecule has 0 aromatic heterocycles. The third-order valence-electron chi connectivity index (χ3n) is 2.89. The fourth-order valence-electron chi connectivity index (χ4n) is 1.75. The Morgan fingerprint density at radius 2 is 1.84 bits per heavy atom. The van der Waals surface area contributed by atoms with Gasteiger partial charge in [-0.25, -0.2) is 0 Å². The number of unbranched alkanes of at least 4 members (excludes halogenated alkanes) is 1. The number of hydrogen-bond acceptors (Lipinski definition) is 2. The van der Waals surface area contributed by atoms with Crippen molar-refractivity contribution >= 4 is 11.9 Å². The molecule has 19 heavy (non-hydrogen) atoms. The molecule has 0 bridgehead atoms. The van der Waals surface area contributed by atoms with Crippen LogP contribution in [0, 0.1) is 0 Å². The second-order valence-electron chi connectivity index (χ2n) is 4.55. The summed E-state index contributed by atoms with van der Waals surface area (Å²) in [4.78, 5) is 22.1. The second-order valence-corrected chi connectivity index (χ2v) is 4.55. The number of aryl methyl sites for hydroxylation is 1. The van der Waals surface area contributed by atoms with Gasteiger partial charge in [0, 0.05) is 18.5 Å². The molecule has 0 spiro atoms. The van der Waals surface area contributed by atoms with Gasteiger partial charge in [0.2, 0.25) is 0 Å². The Labute approximate surface area is 113 Å². The Hall–Kier alpha value is -1.84. The molecule has 0 aliphatic rings. The van der Waals surface area contributed by atoms with Gasteiger partial charge in [-0.3, -0.25) is 9.59 Å². The van der Waals surface area contributed by atoms with Crippen LogP contribution in [-0.2, 0) is 11.2 Å². The van der Waals surface area contributed by atoms with Crippen molar-refractivity contribution in [3.8, 4) is 0 Å². The summed E-state index contributed by atoms with van der Waals surface area (Å²) in [6.45, 7) is 2.54. The summed E-state index contributed by atoms with van der Waals surface area (Å²) in [6, 6.07) is 7.58. The zero-order valence-corrected chi connectivity index (χ0v) is 11.3. The lowest BCUT2D eigenvalue weighted by Crippen LogP contribution is -2.24. The maximum absolute atomic E-state index is 11.8. The van der Waals surface area contributed by atoms with Gasteiger partial charge in [0.15, 0.2) is 0 Å². The third-order valence-corrected chi connectivity index (χ3v) is 2.89. The zero-order valence-electron chi connectivity index (χ0n) is 11.3. The molecule has 4 nitrogen and oxygen atoms in total. The van der Waals surface area contributed by atoms with Gasteiger partial charge in [-0.2, -0.15) is 0 Å². The standard InChI is InChI=1S/C15H21NO3/c1-2-3-5-12-7-9-13(10-8-12)15(19)16-11-4-6-14(17)18/h7-10H,2-6,11H2,1H3,(H,16,19)(H,17,18). The minimum Gasteiger partial charge on any atom is -0.481 e. The molecule has 0 atom stereocenters. The molecule has 2 N–H and O–H groups in total. The van der Waals surface area contributed by atoms with Crippen LogP contribution >= 0.6 is 0 Å². The predicted molar refractivity (Wildman–Crippen MR) is 74.3 cm³/mol. The van der Waals surface area contributed by atoms with Crippen molar-refractivity contribution in [3.05, 3.63) is 35.4 Å². The van der Waals surface area contributed by atoms with E-state index < -0.39 is 5.97 Å². The van der Waals surface area contributed by atoms with E-state index in [0.717, 1.165) is 19.3 Å². The molecule has 1 rings (SSSR count). The summed E-state index contributed by atoms with van der Waals surface area (Å²) in [5, 5.41) is 11.2. The maximum Gasteiger partial charge on any atom is 0.303 e. The number of carbonyl (C=O) groups excluding carboxylic acids is 1. The highest BCUT2D eigenvalue weighted by atomic mass is 16.4. The van der Waals surface area contributed by atoms with E-state index in [4.69, 9.17) is 5.11 Å². The van der Waals surface area contributed by atoms with Crippen LogP contribution in [0.15, 0.2) is 24.3 Å². The van der Waals surface area contributed by atoms with Gasteiger partial charge in [0.05, 0.1) is 0 Å². The summed E-state index contributed by atoms with van der Waals surface area (Å²) in [7, 11) is 0. The molecule has 1 amide bonds. The van der Waals surface area contributed by atoms with Crippen LogP contribution in [0.4, 0.5) is 0 Å². The van der Waals surface area contributed by atoms with Crippen molar-refractivity contribution in [2.24, 2.45) is 0 Å². The largest absolute Gasteiger partial charge is 0.481 e. The van der Waals surface area contributed by atoms with Gasteiger partial charge < -0.3 is 10.4 Å². The SMILES string of the molecule is CCCCc1ccc(C(=O)NCCCC(=O)O)cc1. The fraction of sp³-hybridized carbons (Fsp3) is 0.467. The number of carboxylic acid groups (broad SMARTS) is 1. The lowest BCUT2D eigenvalue weighted by Gasteiger charge is -2.05. The summed E-state index contributed by atoms with van der Waals surface area (Å²) in [5.41, 5.74) is 1.86. The van der Waals surface area contributed by atoms with E-state index in [2.05, 4.69) is 12.2 Å². The highest BCUT2D eigenvalue weighted by molar-refractivity contribution is 5.94. The quantitative estimate of drug-likeness (QED) is 0.708. The van der Waals surface area contributed by atoms with E-state index in [1.165, 1.54) is 5.56 Å². The van der Waals surface area contributed by atoms with E-state index in [1.54, 1.807) is 0 Å². The van der Waals surface area contributed by atoms with Gasteiger partial charge >= 0.3 is 5.97 Å². The number of carbonyl (C=O) groups is 2. The van der Waals surface area contributed by atoms with Crippen molar-refractivity contribution in [1.29, 1.82) is 0 Å². The summed E-state index contributed by atoms with van der Waals surface area (Å²) >= 11 is 0. The molecular weight excluding hydrogens is 242 g/mol. The first kappa shape index (κ1) is 15.2. The average Bonchev–Trinajstić information content (AvgIpc) is 2.41. The molecule has 0 heterocycles. The van der Waals surface area contributed by atoms with E-state index >= 15 is 0 Å². The first-order valence-corrected chi connectivity index (χ1v) is 6.72. The number of nitrogens with one attached hydrogen (secondary N) is 1. The van der Waals surface area contributed by atoms with Gasteiger partial charge in [0.1, 0.15) is 0 Å². The van der Waals surface area contributed by atoms with Crippen molar-refractivity contribution < 1.29 is 14.7 Å². The fourth-order valence-corrected chi connectivity index (χ4v) is 1.75. The normalized spacial score (nSPS) is 10.2. The highest BCUT2D eigenvalue weighted by Gasteiger charge is 2.05. The zero-order chi connectivity index (χ0) is 14.1. The molecular formula is C15H21NO3. The van der Waals surface area contributed by atoms with E-state index in [-0.39, 0.29) is 12.3 Å². The Kier molecular flexibility index (Phi) is 6.64. The van der Waals surface area contributed by atoms with E-state index in [9.17, 15) is 9.59 Å². The first-order chi connectivity index (χ1) is 9.13. The molecule has 1 aromatic rings. The summed E-state index contributed by atoms with van der Waals surface area (Å²) < 4.78 is 0.